The maximum Gasteiger partial charge on any atom is 0.147 e. The summed E-state index contributed by atoms with van der Waals surface area (Å²) in [5.41, 5.74) is 2.25. The van der Waals surface area contributed by atoms with Crippen molar-refractivity contribution in [2.75, 3.05) is 0 Å². The van der Waals surface area contributed by atoms with Crippen LogP contribution in [-0.4, -0.2) is 9.55 Å². The quantitative estimate of drug-likeness (QED) is 0.304. The van der Waals surface area contributed by atoms with Crippen molar-refractivity contribution in [3.63, 3.8) is 0 Å². The molecular formula is C25H28N2O. The van der Waals surface area contributed by atoms with E-state index in [4.69, 9.17) is 9.72 Å². The van der Waals surface area contributed by atoms with E-state index in [1.807, 2.05) is 12.1 Å². The first kappa shape index (κ1) is 18.5. The Morgan fingerprint density at radius 3 is 2.54 bits per heavy atom. The maximum absolute atomic E-state index is 6.24. The molecular weight excluding hydrogens is 344 g/mol. The van der Waals surface area contributed by atoms with Gasteiger partial charge in [0.05, 0.1) is 11.0 Å². The zero-order valence-corrected chi connectivity index (χ0v) is 16.6. The molecule has 0 aliphatic rings. The third-order valence-corrected chi connectivity index (χ3v) is 5.33. The number of aromatic nitrogens is 2. The summed E-state index contributed by atoms with van der Waals surface area (Å²) < 4.78 is 8.58. The molecule has 0 aliphatic carbocycles. The molecule has 0 fully saturated rings. The van der Waals surface area contributed by atoms with Crippen LogP contribution in [-0.2, 0) is 13.2 Å². The molecule has 1 aromatic heterocycles. The highest BCUT2D eigenvalue weighted by Gasteiger charge is 2.11. The summed E-state index contributed by atoms with van der Waals surface area (Å²) in [6.07, 6.45) is 6.36. The number of para-hydroxylation sites is 2. The van der Waals surface area contributed by atoms with E-state index in [0.717, 1.165) is 29.0 Å². The molecule has 0 saturated carbocycles. The molecule has 0 radical (unpaired) electrons. The highest BCUT2D eigenvalue weighted by atomic mass is 16.5. The monoisotopic (exact) mass is 372 g/mol. The van der Waals surface area contributed by atoms with Gasteiger partial charge in [-0.25, -0.2) is 4.98 Å². The fraction of sp³-hybridized carbons (Fsp3) is 0.320. The summed E-state index contributed by atoms with van der Waals surface area (Å²) in [6, 6.07) is 22.9. The Labute approximate surface area is 167 Å². The zero-order valence-electron chi connectivity index (χ0n) is 16.6. The van der Waals surface area contributed by atoms with E-state index >= 15 is 0 Å². The smallest absolute Gasteiger partial charge is 0.147 e. The summed E-state index contributed by atoms with van der Waals surface area (Å²) >= 11 is 0. The lowest BCUT2D eigenvalue weighted by Crippen LogP contribution is -2.08. The topological polar surface area (TPSA) is 27.1 Å². The number of benzene rings is 3. The highest BCUT2D eigenvalue weighted by Crippen LogP contribution is 2.26. The molecule has 3 aromatic carbocycles. The van der Waals surface area contributed by atoms with Gasteiger partial charge in [-0.15, -0.1) is 0 Å². The number of imidazole rings is 1. The number of rotatable bonds is 9. The van der Waals surface area contributed by atoms with E-state index < -0.39 is 0 Å². The van der Waals surface area contributed by atoms with Crippen molar-refractivity contribution in [3.8, 4) is 5.75 Å². The van der Waals surface area contributed by atoms with Gasteiger partial charge in [-0.2, -0.15) is 0 Å². The molecule has 3 nitrogen and oxygen atoms in total. The Bertz CT molecular complexity index is 1050. The third-order valence-electron chi connectivity index (χ3n) is 5.33. The van der Waals surface area contributed by atoms with Crippen molar-refractivity contribution in [1.29, 1.82) is 0 Å². The molecule has 4 rings (SSSR count). The number of hydrogen-bond donors (Lipinski definition) is 0. The largest absolute Gasteiger partial charge is 0.485 e. The van der Waals surface area contributed by atoms with Gasteiger partial charge in [-0.1, -0.05) is 81.1 Å². The van der Waals surface area contributed by atoms with Gasteiger partial charge in [0.25, 0.3) is 0 Å². The second-order valence-electron chi connectivity index (χ2n) is 7.35. The SMILES string of the molecule is CCCCCCCn1c(COc2cccc3ccccc23)nc2ccccc21. The highest BCUT2D eigenvalue weighted by molar-refractivity contribution is 5.88. The van der Waals surface area contributed by atoms with Crippen LogP contribution in [0.5, 0.6) is 5.75 Å². The Morgan fingerprint density at radius 2 is 1.61 bits per heavy atom. The fourth-order valence-electron chi connectivity index (χ4n) is 3.82. The van der Waals surface area contributed by atoms with Gasteiger partial charge < -0.3 is 9.30 Å². The minimum absolute atomic E-state index is 0.484. The lowest BCUT2D eigenvalue weighted by atomic mass is 10.1. The Hall–Kier alpha value is -2.81. The lowest BCUT2D eigenvalue weighted by Gasteiger charge is -2.12. The van der Waals surface area contributed by atoms with Crippen LogP contribution < -0.4 is 4.74 Å². The zero-order chi connectivity index (χ0) is 19.2. The summed E-state index contributed by atoms with van der Waals surface area (Å²) in [7, 11) is 0. The number of fused-ring (bicyclic) bond motifs is 2. The van der Waals surface area contributed by atoms with Crippen LogP contribution in [0.2, 0.25) is 0 Å². The van der Waals surface area contributed by atoms with Crippen LogP contribution in [0.1, 0.15) is 44.9 Å². The molecule has 0 N–H and O–H groups in total. The molecule has 0 bridgehead atoms. The number of ether oxygens (including phenoxy) is 1. The van der Waals surface area contributed by atoms with Crippen LogP contribution >= 0.6 is 0 Å². The van der Waals surface area contributed by atoms with E-state index in [0.29, 0.717) is 6.61 Å². The van der Waals surface area contributed by atoms with E-state index in [1.165, 1.54) is 43.0 Å². The molecule has 0 aliphatic heterocycles. The van der Waals surface area contributed by atoms with E-state index in [1.54, 1.807) is 0 Å². The summed E-state index contributed by atoms with van der Waals surface area (Å²) in [5.74, 6) is 1.92. The average Bonchev–Trinajstić information content (AvgIpc) is 3.09. The van der Waals surface area contributed by atoms with Gasteiger partial charge in [0.1, 0.15) is 18.2 Å². The number of nitrogens with zero attached hydrogens (tertiary/aromatic N) is 2. The van der Waals surface area contributed by atoms with Gasteiger partial charge in [0.2, 0.25) is 0 Å². The lowest BCUT2D eigenvalue weighted by molar-refractivity contribution is 0.293. The van der Waals surface area contributed by atoms with Gasteiger partial charge in [-0.05, 0) is 30.0 Å². The van der Waals surface area contributed by atoms with Crippen LogP contribution in [0.4, 0.5) is 0 Å². The second kappa shape index (κ2) is 8.92. The summed E-state index contributed by atoms with van der Waals surface area (Å²) in [4.78, 5) is 4.86. The number of aryl methyl sites for hydroxylation is 1. The standard InChI is InChI=1S/C25H28N2O/c1-2-3-4-5-10-18-27-23-16-9-8-15-22(23)26-25(27)19-28-24-17-11-13-20-12-6-7-14-21(20)24/h6-9,11-17H,2-5,10,18-19H2,1H3. The van der Waals surface area contributed by atoms with Gasteiger partial charge >= 0.3 is 0 Å². The van der Waals surface area contributed by atoms with Gasteiger partial charge in [0, 0.05) is 11.9 Å². The molecule has 0 saturated heterocycles. The van der Waals surface area contributed by atoms with Crippen LogP contribution in [0.15, 0.2) is 66.7 Å². The molecule has 28 heavy (non-hydrogen) atoms. The fourth-order valence-corrected chi connectivity index (χ4v) is 3.82. The number of hydrogen-bond acceptors (Lipinski definition) is 2. The number of unbranched alkanes of at least 4 members (excludes halogenated alkanes) is 4. The van der Waals surface area contributed by atoms with Crippen molar-refractivity contribution in [1.82, 2.24) is 9.55 Å². The molecule has 0 atom stereocenters. The molecule has 3 heteroatoms. The molecule has 4 aromatic rings. The molecule has 144 valence electrons. The normalized spacial score (nSPS) is 11.3. The van der Waals surface area contributed by atoms with Gasteiger partial charge in [-0.3, -0.25) is 0 Å². The molecule has 0 amide bonds. The van der Waals surface area contributed by atoms with Gasteiger partial charge in [0.15, 0.2) is 0 Å². The first-order valence-electron chi connectivity index (χ1n) is 10.4. The first-order valence-corrected chi connectivity index (χ1v) is 10.4. The Balaban J connectivity index is 1.55. The van der Waals surface area contributed by atoms with Crippen molar-refractivity contribution in [3.05, 3.63) is 72.6 Å². The van der Waals surface area contributed by atoms with Crippen LogP contribution in [0, 0.1) is 0 Å². The third kappa shape index (κ3) is 4.04. The molecule has 0 spiro atoms. The molecule has 0 unspecified atom stereocenters. The second-order valence-corrected chi connectivity index (χ2v) is 7.35. The van der Waals surface area contributed by atoms with Crippen molar-refractivity contribution >= 4 is 21.8 Å². The van der Waals surface area contributed by atoms with E-state index in [2.05, 4.69) is 66.1 Å². The Kier molecular flexibility index (Phi) is 5.91. The predicted octanol–water partition coefficient (Wildman–Crippen LogP) is 6.74. The van der Waals surface area contributed by atoms with Crippen LogP contribution in [0.25, 0.3) is 21.8 Å². The van der Waals surface area contributed by atoms with E-state index in [-0.39, 0.29) is 0 Å². The van der Waals surface area contributed by atoms with E-state index in [9.17, 15) is 0 Å². The predicted molar refractivity (Wildman–Crippen MR) is 117 cm³/mol. The Morgan fingerprint density at radius 1 is 0.821 bits per heavy atom. The summed E-state index contributed by atoms with van der Waals surface area (Å²) in [5, 5.41) is 2.34. The first-order chi connectivity index (χ1) is 13.9. The summed E-state index contributed by atoms with van der Waals surface area (Å²) in [6.45, 7) is 3.74. The van der Waals surface area contributed by atoms with Crippen molar-refractivity contribution in [2.24, 2.45) is 0 Å². The minimum atomic E-state index is 0.484. The maximum atomic E-state index is 6.24. The van der Waals surface area contributed by atoms with Crippen LogP contribution in [0.3, 0.4) is 0 Å². The molecule has 1 heterocycles. The average molecular weight is 373 g/mol. The minimum Gasteiger partial charge on any atom is -0.485 e. The van der Waals surface area contributed by atoms with Crippen molar-refractivity contribution in [2.45, 2.75) is 52.2 Å². The van der Waals surface area contributed by atoms with Crippen molar-refractivity contribution < 1.29 is 4.74 Å².